The Labute approximate surface area is 264 Å². The summed E-state index contributed by atoms with van der Waals surface area (Å²) in [6.07, 6.45) is 4.18. The monoisotopic (exact) mass is 581 g/mol. The highest BCUT2D eigenvalue weighted by Gasteiger charge is 2.27. The number of aromatic nitrogens is 1. The molecule has 0 fully saturated rings. The summed E-state index contributed by atoms with van der Waals surface area (Å²) >= 11 is 0. The molecule has 1 aliphatic carbocycles. The van der Waals surface area contributed by atoms with Crippen LogP contribution in [0.15, 0.2) is 156 Å². The summed E-state index contributed by atoms with van der Waals surface area (Å²) in [6, 6.07) is 44.5. The van der Waals surface area contributed by atoms with Gasteiger partial charge in [0.25, 0.3) is 0 Å². The molecule has 45 heavy (non-hydrogen) atoms. The molecule has 0 radical (unpaired) electrons. The molecule has 1 N–H and O–H groups in total. The summed E-state index contributed by atoms with van der Waals surface area (Å²) in [5.74, 6) is 0. The lowest BCUT2D eigenvalue weighted by Crippen LogP contribution is -2.06. The molecule has 3 heteroatoms. The number of fused-ring (bicyclic) bond motifs is 6. The minimum absolute atomic E-state index is 0.119. The van der Waals surface area contributed by atoms with Gasteiger partial charge in [0.2, 0.25) is 0 Å². The van der Waals surface area contributed by atoms with Crippen molar-refractivity contribution in [2.24, 2.45) is 17.5 Å². The van der Waals surface area contributed by atoms with Crippen LogP contribution in [0.5, 0.6) is 0 Å². The normalized spacial score (nSPS) is 13.8. The van der Waals surface area contributed by atoms with Crippen LogP contribution in [0.1, 0.15) is 19.4 Å². The molecular formula is C42H35N3. The van der Waals surface area contributed by atoms with Gasteiger partial charge in [0.05, 0.1) is 11.4 Å². The van der Waals surface area contributed by atoms with Crippen molar-refractivity contribution in [1.29, 1.82) is 5.41 Å². The molecule has 218 valence electrons. The number of benzene rings is 6. The fourth-order valence-corrected chi connectivity index (χ4v) is 6.72. The Hall–Kier alpha value is -5.54. The molecule has 1 heterocycles. The van der Waals surface area contributed by atoms with E-state index >= 15 is 0 Å². The number of rotatable bonds is 4. The number of nitrogens with zero attached hydrogens (tertiary/aromatic N) is 2. The molecule has 0 aliphatic heterocycles. The zero-order valence-corrected chi connectivity index (χ0v) is 25.9. The molecule has 3 nitrogen and oxygen atoms in total. The van der Waals surface area contributed by atoms with E-state index in [1.54, 1.807) is 0 Å². The number of aryl methyl sites for hydroxylation is 1. The van der Waals surface area contributed by atoms with Crippen molar-refractivity contribution in [2.45, 2.75) is 13.8 Å². The number of para-hydroxylation sites is 1. The maximum Gasteiger partial charge on any atom is 0.0709 e. The van der Waals surface area contributed by atoms with Crippen LogP contribution >= 0.6 is 0 Å². The van der Waals surface area contributed by atoms with Gasteiger partial charge in [-0.1, -0.05) is 135 Å². The average molecular weight is 582 g/mol. The van der Waals surface area contributed by atoms with Crippen LogP contribution in [0, 0.1) is 10.8 Å². The Bertz CT molecular complexity index is 2340. The highest BCUT2D eigenvalue weighted by atomic mass is 14.9. The molecule has 0 atom stereocenters. The Kier molecular flexibility index (Phi) is 7.02. The van der Waals surface area contributed by atoms with Crippen molar-refractivity contribution in [2.75, 3.05) is 0 Å². The lowest BCUT2D eigenvalue weighted by molar-refractivity contribution is 0.634. The molecule has 1 aliphatic rings. The van der Waals surface area contributed by atoms with Crippen LogP contribution in [0.25, 0.3) is 54.5 Å². The smallest absolute Gasteiger partial charge is 0.0709 e. The zero-order valence-electron chi connectivity index (χ0n) is 25.9. The summed E-state index contributed by atoms with van der Waals surface area (Å²) in [4.78, 5) is 4.17. The highest BCUT2D eigenvalue weighted by molar-refractivity contribution is 6.21. The largest absolute Gasteiger partial charge is 0.344 e. The lowest BCUT2D eigenvalue weighted by Gasteiger charge is -2.15. The molecule has 1 aromatic heterocycles. The summed E-state index contributed by atoms with van der Waals surface area (Å²) in [5.41, 5.74) is 7.72. The molecule has 6 aromatic carbocycles. The van der Waals surface area contributed by atoms with E-state index in [2.05, 4.69) is 159 Å². The van der Waals surface area contributed by atoms with Crippen molar-refractivity contribution >= 4 is 55.8 Å². The topological polar surface area (TPSA) is 41.1 Å². The van der Waals surface area contributed by atoms with Crippen molar-refractivity contribution in [3.8, 4) is 11.1 Å². The van der Waals surface area contributed by atoms with Crippen LogP contribution in [-0.4, -0.2) is 17.0 Å². The van der Waals surface area contributed by atoms with Crippen molar-refractivity contribution < 1.29 is 0 Å². The predicted octanol–water partition coefficient (Wildman–Crippen LogP) is 10.9. The second kappa shape index (κ2) is 11.2. The van der Waals surface area contributed by atoms with Gasteiger partial charge in [0.15, 0.2) is 0 Å². The third-order valence-corrected chi connectivity index (χ3v) is 8.82. The van der Waals surface area contributed by atoms with Gasteiger partial charge in [-0.15, -0.1) is 0 Å². The van der Waals surface area contributed by atoms with E-state index in [9.17, 15) is 0 Å². The van der Waals surface area contributed by atoms with E-state index in [-0.39, 0.29) is 5.41 Å². The average Bonchev–Trinajstić information content (AvgIpc) is 3.57. The van der Waals surface area contributed by atoms with E-state index in [4.69, 9.17) is 5.41 Å². The SMILES string of the molecule is C=NC1=CC(C)(C)C=C1C(=N)c1ccccc1-c1cccc2ccccc12.Cn1c2ccccc2c2c3ccccc3ccc21. The summed E-state index contributed by atoms with van der Waals surface area (Å²) in [7, 11) is 2.14. The molecule has 8 rings (SSSR count). The molecular weight excluding hydrogens is 546 g/mol. The van der Waals surface area contributed by atoms with E-state index in [0.29, 0.717) is 5.71 Å². The van der Waals surface area contributed by atoms with Crippen LogP contribution in [0.2, 0.25) is 0 Å². The number of allylic oxidation sites excluding steroid dienone is 3. The van der Waals surface area contributed by atoms with Crippen molar-refractivity contribution in [1.82, 2.24) is 4.57 Å². The fourth-order valence-electron chi connectivity index (χ4n) is 6.72. The fraction of sp³-hybridized carbons (Fsp3) is 0.0952. The van der Waals surface area contributed by atoms with Gasteiger partial charge in [-0.3, -0.25) is 10.4 Å². The quantitative estimate of drug-likeness (QED) is 0.201. The second-order valence-corrected chi connectivity index (χ2v) is 12.3. The second-order valence-electron chi connectivity index (χ2n) is 12.3. The summed E-state index contributed by atoms with van der Waals surface area (Å²) < 4.78 is 2.27. The Morgan fingerprint density at radius 1 is 0.622 bits per heavy atom. The van der Waals surface area contributed by atoms with Gasteiger partial charge in [-0.2, -0.15) is 0 Å². The zero-order chi connectivity index (χ0) is 31.1. The third kappa shape index (κ3) is 4.97. The first-order valence-electron chi connectivity index (χ1n) is 15.3. The molecule has 0 saturated heterocycles. The van der Waals surface area contributed by atoms with E-state index in [1.807, 2.05) is 18.2 Å². The Balaban J connectivity index is 0.000000156. The van der Waals surface area contributed by atoms with Gasteiger partial charge >= 0.3 is 0 Å². The highest BCUT2D eigenvalue weighted by Crippen LogP contribution is 2.38. The molecule has 0 saturated carbocycles. The van der Waals surface area contributed by atoms with Crippen LogP contribution in [0.4, 0.5) is 0 Å². The van der Waals surface area contributed by atoms with Gasteiger partial charge in [0, 0.05) is 45.4 Å². The van der Waals surface area contributed by atoms with Gasteiger partial charge < -0.3 is 4.57 Å². The molecule has 0 unspecified atom stereocenters. The van der Waals surface area contributed by atoms with Crippen LogP contribution < -0.4 is 0 Å². The van der Waals surface area contributed by atoms with Gasteiger partial charge in [-0.25, -0.2) is 0 Å². The minimum atomic E-state index is -0.119. The van der Waals surface area contributed by atoms with Crippen molar-refractivity contribution in [3.63, 3.8) is 0 Å². The molecule has 7 aromatic rings. The predicted molar refractivity (Wildman–Crippen MR) is 194 cm³/mol. The first-order chi connectivity index (χ1) is 21.9. The first-order valence-corrected chi connectivity index (χ1v) is 15.3. The lowest BCUT2D eigenvalue weighted by atomic mass is 9.89. The standard InChI is InChI=1S/C25H22N2.C17H13N/c1-25(2)15-22(23(16-25)27-3)24(26)21-13-7-6-12-20(21)19-14-8-10-17-9-4-5-11-18(17)19;1-18-15-9-5-4-8-14(15)17-13-7-3-2-6-12(13)10-11-16(17)18/h4-16,26H,3H2,1-2H3;2-11H,1H3. The molecule has 0 spiro atoms. The Morgan fingerprint density at radius 3 is 2.00 bits per heavy atom. The molecule has 0 bridgehead atoms. The Morgan fingerprint density at radius 2 is 1.22 bits per heavy atom. The van der Waals surface area contributed by atoms with E-state index in [0.717, 1.165) is 28.0 Å². The number of nitrogens with one attached hydrogen (secondary N) is 1. The number of hydrogen-bond acceptors (Lipinski definition) is 2. The molecule has 0 amide bonds. The number of aliphatic imine (C=N–C) groups is 1. The van der Waals surface area contributed by atoms with E-state index in [1.165, 1.54) is 43.4 Å². The number of hydrogen-bond donors (Lipinski definition) is 1. The van der Waals surface area contributed by atoms with Crippen LogP contribution in [0.3, 0.4) is 0 Å². The van der Waals surface area contributed by atoms with Gasteiger partial charge in [0.1, 0.15) is 0 Å². The summed E-state index contributed by atoms with van der Waals surface area (Å²) in [5, 5.41) is 16.7. The maximum atomic E-state index is 8.94. The van der Waals surface area contributed by atoms with Crippen molar-refractivity contribution in [3.05, 3.63) is 156 Å². The first kappa shape index (κ1) is 28.2. The van der Waals surface area contributed by atoms with E-state index < -0.39 is 0 Å². The maximum absolute atomic E-state index is 8.94. The summed E-state index contributed by atoms with van der Waals surface area (Å²) in [6.45, 7) is 7.94. The third-order valence-electron chi connectivity index (χ3n) is 8.82. The minimum Gasteiger partial charge on any atom is -0.344 e. The van der Waals surface area contributed by atoms with Crippen LogP contribution in [-0.2, 0) is 7.05 Å². The van der Waals surface area contributed by atoms with Gasteiger partial charge in [-0.05, 0) is 57.6 Å².